The minimum Gasteiger partial charge on any atom is -0.359 e. The van der Waals surface area contributed by atoms with Crippen LogP contribution in [0.15, 0.2) is 36.7 Å². The zero-order valence-electron chi connectivity index (χ0n) is 13.4. The Morgan fingerprint density at radius 2 is 1.69 bits per heavy atom. The number of hydrogen-bond donors (Lipinski definition) is 3. The molecule has 0 spiro atoms. The van der Waals surface area contributed by atoms with Gasteiger partial charge in [-0.15, -0.1) is 0 Å². The Kier molecular flexibility index (Phi) is 5.84. The van der Waals surface area contributed by atoms with Crippen LogP contribution >= 0.6 is 0 Å². The van der Waals surface area contributed by atoms with Crippen LogP contribution in [0.2, 0.25) is 0 Å². The minimum atomic E-state index is -0.194. The van der Waals surface area contributed by atoms with Crippen molar-refractivity contribution in [3.8, 4) is 0 Å². The van der Waals surface area contributed by atoms with Gasteiger partial charge in [0.1, 0.15) is 12.4 Å². The highest BCUT2D eigenvalue weighted by Gasteiger charge is 2.25. The van der Waals surface area contributed by atoms with Gasteiger partial charge < -0.3 is 16.0 Å². The van der Waals surface area contributed by atoms with Gasteiger partial charge in [-0.3, -0.25) is 19.3 Å². The fourth-order valence-electron chi connectivity index (χ4n) is 2.38. The molecule has 0 radical (unpaired) electrons. The predicted molar refractivity (Wildman–Crippen MR) is 99.0 cm³/mol. The van der Waals surface area contributed by atoms with Crippen molar-refractivity contribution in [2.45, 2.75) is 14.4 Å². The summed E-state index contributed by atoms with van der Waals surface area (Å²) in [4.78, 5) is 42.7. The standard InChI is InChI=1S/C9H9N3O2.C7H7N3O.CH4/c1-6(13)12-5-8(14)11-7-3-2-4-10-9(7)12;11-6-4-9-7-5(10-6)2-1-3-8-7;/h2-4H,5H2,1H3,(H,11,14);1-3H,4H2,(H,8,9)(H,10,11);1H4. The van der Waals surface area contributed by atoms with Crippen LogP contribution in [0.1, 0.15) is 14.4 Å². The molecule has 2 aliphatic heterocycles. The first-order valence-electron chi connectivity index (χ1n) is 7.56. The fourth-order valence-corrected chi connectivity index (χ4v) is 2.38. The number of carbonyl (C=O) groups is 3. The van der Waals surface area contributed by atoms with Crippen molar-refractivity contribution in [1.82, 2.24) is 9.97 Å². The highest BCUT2D eigenvalue weighted by Crippen LogP contribution is 2.25. The summed E-state index contributed by atoms with van der Waals surface area (Å²) in [6, 6.07) is 7.02. The largest absolute Gasteiger partial charge is 0.359 e. The molecule has 0 saturated carbocycles. The number of nitrogens with one attached hydrogen (secondary N) is 3. The van der Waals surface area contributed by atoms with Crippen LogP contribution in [0.5, 0.6) is 0 Å². The van der Waals surface area contributed by atoms with Crippen LogP contribution in [-0.2, 0) is 14.4 Å². The number of pyridine rings is 2. The topological polar surface area (TPSA) is 116 Å². The van der Waals surface area contributed by atoms with Gasteiger partial charge >= 0.3 is 0 Å². The molecule has 0 unspecified atom stereocenters. The number of carbonyl (C=O) groups excluding carboxylic acids is 3. The molecule has 4 rings (SSSR count). The summed E-state index contributed by atoms with van der Waals surface area (Å²) in [5.74, 6) is 0.859. The molecular weight excluding hydrogens is 336 g/mol. The van der Waals surface area contributed by atoms with Crippen molar-refractivity contribution < 1.29 is 14.4 Å². The Morgan fingerprint density at radius 3 is 2.42 bits per heavy atom. The Bertz CT molecular complexity index is 839. The van der Waals surface area contributed by atoms with E-state index < -0.39 is 0 Å². The molecule has 136 valence electrons. The molecular formula is C17H20N6O3. The van der Waals surface area contributed by atoms with Gasteiger partial charge in [0.15, 0.2) is 5.82 Å². The van der Waals surface area contributed by atoms with E-state index in [0.717, 1.165) is 11.5 Å². The van der Waals surface area contributed by atoms with Gasteiger partial charge in [-0.25, -0.2) is 9.97 Å². The van der Waals surface area contributed by atoms with Crippen LogP contribution in [0.3, 0.4) is 0 Å². The molecule has 0 fully saturated rings. The molecule has 2 aliphatic rings. The van der Waals surface area contributed by atoms with Gasteiger partial charge in [0.25, 0.3) is 0 Å². The summed E-state index contributed by atoms with van der Waals surface area (Å²) in [6.07, 6.45) is 3.27. The lowest BCUT2D eigenvalue weighted by Crippen LogP contribution is -2.41. The molecule has 2 aromatic rings. The smallest absolute Gasteiger partial charge is 0.244 e. The third kappa shape index (κ3) is 4.12. The van der Waals surface area contributed by atoms with Crippen molar-refractivity contribution in [3.05, 3.63) is 36.7 Å². The van der Waals surface area contributed by atoms with Crippen molar-refractivity contribution >= 4 is 40.7 Å². The van der Waals surface area contributed by atoms with Gasteiger partial charge in [-0.2, -0.15) is 0 Å². The minimum absolute atomic E-state index is 0. The number of fused-ring (bicyclic) bond motifs is 2. The van der Waals surface area contributed by atoms with Crippen LogP contribution in [0.25, 0.3) is 0 Å². The number of aromatic nitrogens is 2. The monoisotopic (exact) mass is 356 g/mol. The molecule has 0 atom stereocenters. The first-order chi connectivity index (χ1) is 12.0. The van der Waals surface area contributed by atoms with Crippen LogP contribution in [-0.4, -0.2) is 40.8 Å². The van der Waals surface area contributed by atoms with E-state index in [1.54, 1.807) is 30.6 Å². The maximum Gasteiger partial charge on any atom is 0.244 e. The summed E-state index contributed by atoms with van der Waals surface area (Å²) in [6.45, 7) is 1.76. The Balaban J connectivity index is 0.000000184. The van der Waals surface area contributed by atoms with Crippen LogP contribution < -0.4 is 20.9 Å². The number of nitrogens with zero attached hydrogens (tertiary/aromatic N) is 3. The summed E-state index contributed by atoms with van der Waals surface area (Å²) < 4.78 is 0. The van der Waals surface area contributed by atoms with Gasteiger partial charge in [-0.05, 0) is 24.3 Å². The van der Waals surface area contributed by atoms with E-state index in [-0.39, 0.29) is 31.7 Å². The van der Waals surface area contributed by atoms with Crippen LogP contribution in [0.4, 0.5) is 23.0 Å². The highest BCUT2D eigenvalue weighted by molar-refractivity contribution is 6.08. The Morgan fingerprint density at radius 1 is 1.04 bits per heavy atom. The normalized spacial score (nSPS) is 14.1. The lowest BCUT2D eigenvalue weighted by atomic mass is 10.2. The molecule has 0 aromatic carbocycles. The van der Waals surface area contributed by atoms with Gasteiger partial charge in [0.05, 0.1) is 17.9 Å². The van der Waals surface area contributed by atoms with E-state index in [4.69, 9.17) is 0 Å². The second-order valence-electron chi connectivity index (χ2n) is 5.33. The van der Waals surface area contributed by atoms with E-state index in [9.17, 15) is 14.4 Å². The first kappa shape index (κ1) is 18.8. The number of amides is 3. The van der Waals surface area contributed by atoms with E-state index in [1.165, 1.54) is 11.8 Å². The Labute approximate surface area is 150 Å². The third-order valence-corrected chi connectivity index (χ3v) is 3.50. The van der Waals surface area contributed by atoms with Gasteiger partial charge in [-0.1, -0.05) is 7.43 Å². The van der Waals surface area contributed by atoms with Crippen molar-refractivity contribution in [2.75, 3.05) is 33.9 Å². The van der Waals surface area contributed by atoms with Crippen molar-refractivity contribution in [2.24, 2.45) is 0 Å². The Hall–Kier alpha value is -3.49. The van der Waals surface area contributed by atoms with E-state index in [1.807, 2.05) is 6.07 Å². The summed E-state index contributed by atoms with van der Waals surface area (Å²) >= 11 is 0. The zero-order chi connectivity index (χ0) is 17.8. The van der Waals surface area contributed by atoms with Gasteiger partial charge in [0, 0.05) is 19.3 Å². The second-order valence-corrected chi connectivity index (χ2v) is 5.33. The molecule has 9 heteroatoms. The molecule has 4 heterocycles. The average Bonchev–Trinajstić information content (AvgIpc) is 2.61. The van der Waals surface area contributed by atoms with Crippen molar-refractivity contribution in [3.63, 3.8) is 0 Å². The molecule has 26 heavy (non-hydrogen) atoms. The predicted octanol–water partition coefficient (Wildman–Crippen LogP) is 1.47. The summed E-state index contributed by atoms with van der Waals surface area (Å²) in [5.41, 5.74) is 1.34. The zero-order valence-corrected chi connectivity index (χ0v) is 13.4. The summed E-state index contributed by atoms with van der Waals surface area (Å²) in [5, 5.41) is 8.23. The van der Waals surface area contributed by atoms with Gasteiger partial charge in [0.2, 0.25) is 17.7 Å². The lowest BCUT2D eigenvalue weighted by Gasteiger charge is -2.26. The van der Waals surface area contributed by atoms with E-state index in [0.29, 0.717) is 18.1 Å². The number of rotatable bonds is 0. The van der Waals surface area contributed by atoms with Crippen molar-refractivity contribution in [1.29, 1.82) is 0 Å². The van der Waals surface area contributed by atoms with Crippen LogP contribution in [0, 0.1) is 0 Å². The maximum atomic E-state index is 11.2. The second kappa shape index (κ2) is 8.06. The third-order valence-electron chi connectivity index (χ3n) is 3.50. The first-order valence-corrected chi connectivity index (χ1v) is 7.56. The molecule has 9 nitrogen and oxygen atoms in total. The summed E-state index contributed by atoms with van der Waals surface area (Å²) in [7, 11) is 0. The quantitative estimate of drug-likeness (QED) is 0.658. The fraction of sp³-hybridized carbons (Fsp3) is 0.235. The molecule has 3 amide bonds. The van der Waals surface area contributed by atoms with E-state index in [2.05, 4.69) is 25.9 Å². The molecule has 0 bridgehead atoms. The highest BCUT2D eigenvalue weighted by atomic mass is 16.2. The van der Waals surface area contributed by atoms with E-state index >= 15 is 0 Å². The molecule has 3 N–H and O–H groups in total. The molecule has 2 aromatic heterocycles. The number of hydrogen-bond acceptors (Lipinski definition) is 6. The maximum absolute atomic E-state index is 11.2. The number of anilines is 4. The SMILES string of the molecule is C.CC(=O)N1CC(=O)Nc2cccnc21.O=C1CNc2ncccc2N1. The molecule has 0 aliphatic carbocycles. The average molecular weight is 356 g/mol. The lowest BCUT2D eigenvalue weighted by molar-refractivity contribution is -0.120. The molecule has 0 saturated heterocycles.